The molecule has 4 heteroatoms. The highest BCUT2D eigenvalue weighted by Crippen LogP contribution is 2.31. The quantitative estimate of drug-likeness (QED) is 0.691. The van der Waals surface area contributed by atoms with Crippen molar-refractivity contribution in [3.05, 3.63) is 102 Å². The number of para-hydroxylation sites is 1. The lowest BCUT2D eigenvalue weighted by Crippen LogP contribution is -2.38. The second-order valence-electron chi connectivity index (χ2n) is 5.83. The van der Waals surface area contributed by atoms with Gasteiger partial charge in [-0.05, 0) is 17.2 Å². The molecule has 0 radical (unpaired) electrons. The summed E-state index contributed by atoms with van der Waals surface area (Å²) in [5.41, 5.74) is -0.246. The van der Waals surface area contributed by atoms with Gasteiger partial charge in [-0.1, -0.05) is 78.9 Å². The Morgan fingerprint density at radius 2 is 1.35 bits per heavy atom. The minimum absolute atomic E-state index is 0.00479. The van der Waals surface area contributed by atoms with Gasteiger partial charge in [-0.2, -0.15) is 0 Å². The van der Waals surface area contributed by atoms with Crippen LogP contribution in [0.4, 0.5) is 0 Å². The van der Waals surface area contributed by atoms with E-state index >= 15 is 0 Å². The van der Waals surface area contributed by atoms with Crippen LogP contribution < -0.4 is 4.74 Å². The molecule has 0 bridgehead atoms. The molecular formula is C22H20O4. The number of ether oxygens (including phenoxy) is 2. The van der Waals surface area contributed by atoms with E-state index in [-0.39, 0.29) is 6.61 Å². The minimum atomic E-state index is -1.88. The van der Waals surface area contributed by atoms with E-state index in [1.54, 1.807) is 61.7 Å². The predicted molar refractivity (Wildman–Crippen MR) is 98.7 cm³/mol. The van der Waals surface area contributed by atoms with Gasteiger partial charge in [-0.15, -0.1) is 0 Å². The molecule has 4 nitrogen and oxygen atoms in total. The van der Waals surface area contributed by atoms with Crippen molar-refractivity contribution in [2.75, 3.05) is 7.11 Å². The zero-order valence-electron chi connectivity index (χ0n) is 14.5. The second kappa shape index (κ2) is 7.85. The van der Waals surface area contributed by atoms with E-state index in [1.165, 1.54) is 0 Å². The average molecular weight is 348 g/mol. The van der Waals surface area contributed by atoms with Crippen LogP contribution in [-0.4, -0.2) is 18.2 Å². The van der Waals surface area contributed by atoms with Crippen molar-refractivity contribution in [2.24, 2.45) is 0 Å². The summed E-state index contributed by atoms with van der Waals surface area (Å²) in [7, 11) is 1.56. The number of carbonyl (C=O) groups is 1. The number of aliphatic hydroxyl groups is 1. The topological polar surface area (TPSA) is 55.8 Å². The largest absolute Gasteiger partial charge is 0.496 e. The molecule has 0 aromatic heterocycles. The number of benzene rings is 3. The molecule has 0 saturated carbocycles. The van der Waals surface area contributed by atoms with Gasteiger partial charge in [-0.25, -0.2) is 4.79 Å². The van der Waals surface area contributed by atoms with E-state index < -0.39 is 11.6 Å². The van der Waals surface area contributed by atoms with E-state index in [2.05, 4.69) is 0 Å². The lowest BCUT2D eigenvalue weighted by molar-refractivity contribution is -0.163. The third-order valence-electron chi connectivity index (χ3n) is 4.23. The standard InChI is InChI=1S/C22H20O4/c1-25-20-15-9-8-10-17(20)16-26-21(23)22(24,18-11-4-2-5-12-18)19-13-6-3-7-14-19/h2-15,24H,16H2,1H3. The van der Waals surface area contributed by atoms with E-state index in [0.717, 1.165) is 5.56 Å². The molecule has 3 aromatic carbocycles. The first-order valence-corrected chi connectivity index (χ1v) is 8.29. The first-order valence-electron chi connectivity index (χ1n) is 8.29. The maximum absolute atomic E-state index is 12.9. The van der Waals surface area contributed by atoms with E-state index in [1.807, 2.05) is 30.3 Å². The first kappa shape index (κ1) is 17.7. The summed E-state index contributed by atoms with van der Waals surface area (Å²) < 4.78 is 10.8. The molecule has 3 rings (SSSR count). The van der Waals surface area contributed by atoms with E-state index in [9.17, 15) is 9.90 Å². The molecule has 132 valence electrons. The van der Waals surface area contributed by atoms with Gasteiger partial charge >= 0.3 is 5.97 Å². The van der Waals surface area contributed by atoms with Crippen LogP contribution in [0.25, 0.3) is 0 Å². The van der Waals surface area contributed by atoms with Crippen LogP contribution in [-0.2, 0) is 21.7 Å². The Kier molecular flexibility index (Phi) is 5.34. The summed E-state index contributed by atoms with van der Waals surface area (Å²) in [5, 5.41) is 11.3. The van der Waals surface area contributed by atoms with Gasteiger partial charge in [0.15, 0.2) is 0 Å². The van der Waals surface area contributed by atoms with E-state index in [0.29, 0.717) is 16.9 Å². The van der Waals surface area contributed by atoms with Gasteiger partial charge in [0.2, 0.25) is 5.60 Å². The van der Waals surface area contributed by atoms with Crippen molar-refractivity contribution in [1.29, 1.82) is 0 Å². The molecule has 3 aromatic rings. The van der Waals surface area contributed by atoms with Crippen molar-refractivity contribution in [2.45, 2.75) is 12.2 Å². The summed E-state index contributed by atoms with van der Waals surface area (Å²) in [5.74, 6) is -0.107. The van der Waals surface area contributed by atoms with Gasteiger partial charge in [-0.3, -0.25) is 0 Å². The number of methoxy groups -OCH3 is 1. The molecule has 0 spiro atoms. The molecule has 1 N–H and O–H groups in total. The number of hydrogen-bond acceptors (Lipinski definition) is 4. The summed E-state index contributed by atoms with van der Waals surface area (Å²) in [6.45, 7) is 0.00479. The fourth-order valence-electron chi connectivity index (χ4n) is 2.83. The third-order valence-corrected chi connectivity index (χ3v) is 4.23. The average Bonchev–Trinajstić information content (AvgIpc) is 2.72. The van der Waals surface area contributed by atoms with Crippen LogP contribution in [0.1, 0.15) is 16.7 Å². The molecule has 0 amide bonds. The van der Waals surface area contributed by atoms with Gasteiger partial charge < -0.3 is 14.6 Å². The zero-order chi connectivity index (χ0) is 18.4. The smallest absolute Gasteiger partial charge is 0.348 e. The maximum atomic E-state index is 12.9. The number of carbonyl (C=O) groups excluding carboxylic acids is 1. The number of hydrogen-bond donors (Lipinski definition) is 1. The van der Waals surface area contributed by atoms with Crippen molar-refractivity contribution < 1.29 is 19.4 Å². The fourth-order valence-corrected chi connectivity index (χ4v) is 2.83. The molecule has 0 aliphatic heterocycles. The molecule has 0 unspecified atom stereocenters. The Morgan fingerprint density at radius 1 is 0.846 bits per heavy atom. The Labute approximate surface area is 152 Å². The van der Waals surface area contributed by atoms with Crippen molar-refractivity contribution in [1.82, 2.24) is 0 Å². The van der Waals surface area contributed by atoms with Crippen LogP contribution >= 0.6 is 0 Å². The highest BCUT2D eigenvalue weighted by molar-refractivity contribution is 5.85. The van der Waals surface area contributed by atoms with Gasteiger partial charge in [0, 0.05) is 5.56 Å². The highest BCUT2D eigenvalue weighted by Gasteiger charge is 2.41. The Bertz CT molecular complexity index is 820. The molecule has 0 aliphatic rings. The molecular weight excluding hydrogens is 328 g/mol. The van der Waals surface area contributed by atoms with Gasteiger partial charge in [0.25, 0.3) is 0 Å². The lowest BCUT2D eigenvalue weighted by Gasteiger charge is -2.27. The van der Waals surface area contributed by atoms with Gasteiger partial charge in [0.1, 0.15) is 12.4 Å². The SMILES string of the molecule is COc1ccccc1COC(=O)C(O)(c1ccccc1)c1ccccc1. The molecule has 0 aliphatic carbocycles. The summed E-state index contributed by atoms with van der Waals surface area (Å²) >= 11 is 0. The second-order valence-corrected chi connectivity index (χ2v) is 5.83. The normalized spacial score (nSPS) is 11.0. The summed E-state index contributed by atoms with van der Waals surface area (Å²) in [6, 6.07) is 24.9. The highest BCUT2D eigenvalue weighted by atomic mass is 16.6. The summed E-state index contributed by atoms with van der Waals surface area (Å²) in [6.07, 6.45) is 0. The summed E-state index contributed by atoms with van der Waals surface area (Å²) in [4.78, 5) is 12.9. The molecule has 0 atom stereocenters. The van der Waals surface area contributed by atoms with Gasteiger partial charge in [0.05, 0.1) is 7.11 Å². The number of rotatable bonds is 6. The van der Waals surface area contributed by atoms with Crippen LogP contribution in [0.3, 0.4) is 0 Å². The third kappa shape index (κ3) is 3.46. The molecule has 0 saturated heterocycles. The maximum Gasteiger partial charge on any atom is 0.348 e. The Morgan fingerprint density at radius 3 is 1.88 bits per heavy atom. The number of esters is 1. The first-order chi connectivity index (χ1) is 12.7. The van der Waals surface area contributed by atoms with E-state index in [4.69, 9.17) is 9.47 Å². The Hall–Kier alpha value is -3.11. The molecule has 0 fully saturated rings. The zero-order valence-corrected chi connectivity index (χ0v) is 14.5. The fraction of sp³-hybridized carbons (Fsp3) is 0.136. The monoisotopic (exact) mass is 348 g/mol. The van der Waals surface area contributed by atoms with Crippen LogP contribution in [0.15, 0.2) is 84.9 Å². The van der Waals surface area contributed by atoms with Crippen LogP contribution in [0.2, 0.25) is 0 Å². The predicted octanol–water partition coefficient (Wildman–Crippen LogP) is 3.67. The molecule has 26 heavy (non-hydrogen) atoms. The van der Waals surface area contributed by atoms with Crippen LogP contribution in [0.5, 0.6) is 5.75 Å². The minimum Gasteiger partial charge on any atom is -0.496 e. The Balaban J connectivity index is 1.91. The van der Waals surface area contributed by atoms with Crippen molar-refractivity contribution in [3.63, 3.8) is 0 Å². The molecule has 0 heterocycles. The lowest BCUT2D eigenvalue weighted by atomic mass is 9.86. The van der Waals surface area contributed by atoms with Crippen molar-refractivity contribution in [3.8, 4) is 5.75 Å². The van der Waals surface area contributed by atoms with Crippen LogP contribution in [0, 0.1) is 0 Å². The van der Waals surface area contributed by atoms with Crippen molar-refractivity contribution >= 4 is 5.97 Å².